The van der Waals surface area contributed by atoms with Crippen LogP contribution in [0.5, 0.6) is 0 Å². The number of benzene rings is 3. The lowest BCUT2D eigenvalue weighted by atomic mass is 9.86. The molecule has 0 fully saturated rings. The SMILES string of the molecule is CC(C)(C)c1ccccc1NC(=NS(=O)(=O)c1cc(F)ccc1F)c1ccccc1. The maximum atomic E-state index is 14.1. The van der Waals surface area contributed by atoms with E-state index in [4.69, 9.17) is 0 Å². The van der Waals surface area contributed by atoms with Crippen LogP contribution in [0.2, 0.25) is 0 Å². The summed E-state index contributed by atoms with van der Waals surface area (Å²) in [5.74, 6) is -1.92. The van der Waals surface area contributed by atoms with Gasteiger partial charge in [0.25, 0.3) is 10.0 Å². The normalized spacial score (nSPS) is 12.6. The lowest BCUT2D eigenvalue weighted by molar-refractivity contribution is 0.554. The molecule has 0 bridgehead atoms. The zero-order valence-electron chi connectivity index (χ0n) is 16.9. The highest BCUT2D eigenvalue weighted by molar-refractivity contribution is 7.90. The van der Waals surface area contributed by atoms with Crippen LogP contribution in [-0.2, 0) is 15.4 Å². The average molecular weight is 429 g/mol. The summed E-state index contributed by atoms with van der Waals surface area (Å²) in [6, 6.07) is 18.3. The first-order valence-electron chi connectivity index (χ1n) is 9.30. The van der Waals surface area contributed by atoms with Crippen LogP contribution in [0.4, 0.5) is 14.5 Å². The first-order chi connectivity index (χ1) is 14.1. The first kappa shape index (κ1) is 21.6. The van der Waals surface area contributed by atoms with Crippen molar-refractivity contribution in [1.82, 2.24) is 0 Å². The first-order valence-corrected chi connectivity index (χ1v) is 10.7. The van der Waals surface area contributed by atoms with Gasteiger partial charge in [0, 0.05) is 11.3 Å². The van der Waals surface area contributed by atoms with Crippen LogP contribution < -0.4 is 5.32 Å². The van der Waals surface area contributed by atoms with Crippen molar-refractivity contribution in [2.75, 3.05) is 5.32 Å². The maximum absolute atomic E-state index is 14.1. The Morgan fingerprint density at radius 1 is 0.900 bits per heavy atom. The average Bonchev–Trinajstić information content (AvgIpc) is 2.69. The van der Waals surface area contributed by atoms with E-state index >= 15 is 0 Å². The maximum Gasteiger partial charge on any atom is 0.287 e. The number of para-hydroxylation sites is 1. The number of rotatable bonds is 4. The predicted molar refractivity (Wildman–Crippen MR) is 115 cm³/mol. The highest BCUT2D eigenvalue weighted by atomic mass is 32.2. The van der Waals surface area contributed by atoms with Crippen LogP contribution >= 0.6 is 0 Å². The zero-order chi connectivity index (χ0) is 21.9. The molecule has 1 N–H and O–H groups in total. The molecule has 0 saturated carbocycles. The van der Waals surface area contributed by atoms with Crippen LogP contribution in [0.3, 0.4) is 0 Å². The molecule has 0 aliphatic carbocycles. The molecule has 3 aromatic rings. The van der Waals surface area contributed by atoms with Crippen LogP contribution in [0.25, 0.3) is 0 Å². The van der Waals surface area contributed by atoms with Crippen LogP contribution in [0.15, 0.2) is 82.1 Å². The smallest absolute Gasteiger partial charge is 0.287 e. The Kier molecular flexibility index (Phi) is 6.03. The molecule has 0 unspecified atom stereocenters. The Hall–Kier alpha value is -3.06. The van der Waals surface area contributed by atoms with E-state index in [1.807, 2.05) is 45.0 Å². The monoisotopic (exact) mass is 428 g/mol. The van der Waals surface area contributed by atoms with E-state index in [2.05, 4.69) is 9.71 Å². The van der Waals surface area contributed by atoms with Crippen molar-refractivity contribution >= 4 is 21.5 Å². The highest BCUT2D eigenvalue weighted by Gasteiger charge is 2.23. The minimum atomic E-state index is -4.52. The Bertz CT molecular complexity index is 1190. The van der Waals surface area contributed by atoms with E-state index in [-0.39, 0.29) is 11.3 Å². The standard InChI is InChI=1S/C23H22F2N2O2S/c1-23(2,3)18-11-7-8-12-20(18)26-22(16-9-5-4-6-10-16)27-30(28,29)21-15-17(24)13-14-19(21)25/h4-15H,1-3H3,(H,26,27). The highest BCUT2D eigenvalue weighted by Crippen LogP contribution is 2.30. The summed E-state index contributed by atoms with van der Waals surface area (Å²) in [6.07, 6.45) is 0. The van der Waals surface area contributed by atoms with Gasteiger partial charge in [0.1, 0.15) is 16.5 Å². The molecule has 3 aromatic carbocycles. The number of anilines is 1. The summed E-state index contributed by atoms with van der Waals surface area (Å²) in [6.45, 7) is 6.10. The second-order valence-corrected chi connectivity index (χ2v) is 9.35. The molecule has 156 valence electrons. The fourth-order valence-electron chi connectivity index (χ4n) is 2.96. The second-order valence-electron chi connectivity index (χ2n) is 7.78. The molecule has 0 heterocycles. The summed E-state index contributed by atoms with van der Waals surface area (Å²) in [5, 5.41) is 3.09. The molecule has 0 aliphatic rings. The summed E-state index contributed by atoms with van der Waals surface area (Å²) in [4.78, 5) is -0.818. The summed E-state index contributed by atoms with van der Waals surface area (Å²) >= 11 is 0. The third-order valence-corrected chi connectivity index (χ3v) is 5.71. The van der Waals surface area contributed by atoms with E-state index < -0.39 is 26.6 Å². The summed E-state index contributed by atoms with van der Waals surface area (Å²) < 4.78 is 57.2. The van der Waals surface area contributed by atoms with Gasteiger partial charge in [-0.2, -0.15) is 8.42 Å². The number of amidine groups is 1. The van der Waals surface area contributed by atoms with E-state index in [1.165, 1.54) is 0 Å². The Balaban J connectivity index is 2.15. The van der Waals surface area contributed by atoms with Gasteiger partial charge < -0.3 is 5.32 Å². The van der Waals surface area contributed by atoms with Crippen molar-refractivity contribution in [2.24, 2.45) is 4.40 Å². The summed E-state index contributed by atoms with van der Waals surface area (Å²) in [5.41, 5.74) is 1.88. The van der Waals surface area contributed by atoms with Crippen LogP contribution in [0.1, 0.15) is 31.9 Å². The molecule has 0 aliphatic heterocycles. The zero-order valence-corrected chi connectivity index (χ0v) is 17.7. The lowest BCUT2D eigenvalue weighted by Gasteiger charge is -2.24. The molecular weight excluding hydrogens is 406 g/mol. The molecule has 0 atom stereocenters. The van der Waals surface area contributed by atoms with Gasteiger partial charge in [-0.1, -0.05) is 69.3 Å². The van der Waals surface area contributed by atoms with Gasteiger partial charge in [0.15, 0.2) is 5.84 Å². The molecule has 0 amide bonds. The molecule has 4 nitrogen and oxygen atoms in total. The van der Waals surface area contributed by atoms with Crippen LogP contribution in [-0.4, -0.2) is 14.3 Å². The van der Waals surface area contributed by atoms with Gasteiger partial charge in [0.2, 0.25) is 0 Å². The number of halogens is 2. The van der Waals surface area contributed by atoms with Gasteiger partial charge in [0.05, 0.1) is 0 Å². The van der Waals surface area contributed by atoms with Crippen molar-refractivity contribution in [3.05, 3.63) is 95.6 Å². The molecule has 0 radical (unpaired) electrons. The van der Waals surface area contributed by atoms with E-state index in [1.54, 1.807) is 30.3 Å². The third-order valence-electron chi connectivity index (χ3n) is 4.42. The minimum absolute atomic E-state index is 0.0101. The van der Waals surface area contributed by atoms with Gasteiger partial charge in [-0.15, -0.1) is 4.40 Å². The topological polar surface area (TPSA) is 58.5 Å². The molecular formula is C23H22F2N2O2S. The van der Waals surface area contributed by atoms with Crippen molar-refractivity contribution < 1.29 is 17.2 Å². The van der Waals surface area contributed by atoms with E-state index in [0.717, 1.165) is 17.7 Å². The van der Waals surface area contributed by atoms with Gasteiger partial charge >= 0.3 is 0 Å². The quantitative estimate of drug-likeness (QED) is 0.440. The molecule has 0 spiro atoms. The second kappa shape index (κ2) is 8.36. The molecule has 0 saturated heterocycles. The van der Waals surface area contributed by atoms with Crippen LogP contribution in [0, 0.1) is 11.6 Å². The van der Waals surface area contributed by atoms with E-state index in [0.29, 0.717) is 17.3 Å². The molecule has 30 heavy (non-hydrogen) atoms. The number of nitrogens with one attached hydrogen (secondary N) is 1. The largest absolute Gasteiger partial charge is 0.339 e. The van der Waals surface area contributed by atoms with Gasteiger partial charge in [-0.25, -0.2) is 8.78 Å². The Morgan fingerprint density at radius 3 is 2.20 bits per heavy atom. The predicted octanol–water partition coefficient (Wildman–Crippen LogP) is 5.51. The summed E-state index contributed by atoms with van der Waals surface area (Å²) in [7, 11) is -4.52. The number of hydrogen-bond acceptors (Lipinski definition) is 2. The fraction of sp³-hybridized carbons (Fsp3) is 0.174. The van der Waals surface area contributed by atoms with Crippen molar-refractivity contribution in [1.29, 1.82) is 0 Å². The lowest BCUT2D eigenvalue weighted by Crippen LogP contribution is -2.21. The van der Waals surface area contributed by atoms with E-state index in [9.17, 15) is 17.2 Å². The number of hydrogen-bond donors (Lipinski definition) is 1. The Morgan fingerprint density at radius 2 is 1.53 bits per heavy atom. The minimum Gasteiger partial charge on any atom is -0.339 e. The third kappa shape index (κ3) is 4.91. The van der Waals surface area contributed by atoms with Gasteiger partial charge in [-0.3, -0.25) is 0 Å². The van der Waals surface area contributed by atoms with Gasteiger partial charge in [-0.05, 0) is 35.2 Å². The van der Waals surface area contributed by atoms with Crippen molar-refractivity contribution in [3.63, 3.8) is 0 Å². The Labute approximate surface area is 175 Å². The van der Waals surface area contributed by atoms with Crippen molar-refractivity contribution in [2.45, 2.75) is 31.1 Å². The molecule has 7 heteroatoms. The van der Waals surface area contributed by atoms with Crippen molar-refractivity contribution in [3.8, 4) is 0 Å². The fourth-order valence-corrected chi connectivity index (χ4v) is 4.03. The number of nitrogens with zero attached hydrogens (tertiary/aromatic N) is 1. The molecule has 0 aromatic heterocycles. The number of sulfonamides is 1. The molecule has 3 rings (SSSR count).